The highest BCUT2D eigenvalue weighted by atomic mass is 19.3. The fourth-order valence-corrected chi connectivity index (χ4v) is 4.22. The molecule has 1 aliphatic carbocycles. The zero-order valence-corrected chi connectivity index (χ0v) is 17.3. The summed E-state index contributed by atoms with van der Waals surface area (Å²) in [7, 11) is 1.04. The molecule has 2 aromatic rings. The van der Waals surface area contributed by atoms with Crippen LogP contribution < -0.4 is 9.47 Å². The molecular formula is C23H24F6O2. The first kappa shape index (κ1) is 23.3. The second-order valence-corrected chi connectivity index (χ2v) is 7.85. The summed E-state index contributed by atoms with van der Waals surface area (Å²) in [5, 5.41) is 0. The van der Waals surface area contributed by atoms with Gasteiger partial charge in [-0.15, -0.1) is 0 Å². The van der Waals surface area contributed by atoms with Gasteiger partial charge in [-0.1, -0.05) is 25.8 Å². The Balaban J connectivity index is 1.81. The molecule has 0 heterocycles. The molecule has 0 N–H and O–H groups in total. The lowest BCUT2D eigenvalue weighted by Crippen LogP contribution is -2.25. The van der Waals surface area contributed by atoms with Crippen molar-refractivity contribution in [2.24, 2.45) is 5.92 Å². The second-order valence-electron chi connectivity index (χ2n) is 7.85. The van der Waals surface area contributed by atoms with Crippen LogP contribution in [0.2, 0.25) is 0 Å². The minimum atomic E-state index is -4.44. The van der Waals surface area contributed by atoms with Crippen molar-refractivity contribution in [3.63, 3.8) is 0 Å². The molecule has 3 rings (SSSR count). The summed E-state index contributed by atoms with van der Waals surface area (Å²) in [5.41, 5.74) is -1.34. The monoisotopic (exact) mass is 446 g/mol. The number of ether oxygens (including phenoxy) is 2. The van der Waals surface area contributed by atoms with Gasteiger partial charge in [0.05, 0.1) is 7.11 Å². The molecule has 31 heavy (non-hydrogen) atoms. The van der Waals surface area contributed by atoms with E-state index >= 15 is 0 Å². The minimum Gasteiger partial charge on any atom is -0.494 e. The van der Waals surface area contributed by atoms with Gasteiger partial charge in [0.25, 0.3) is 0 Å². The van der Waals surface area contributed by atoms with Crippen LogP contribution in [-0.4, -0.2) is 7.11 Å². The molecule has 0 radical (unpaired) electrons. The lowest BCUT2D eigenvalue weighted by molar-refractivity contribution is -0.189. The molecule has 2 aromatic carbocycles. The van der Waals surface area contributed by atoms with Crippen LogP contribution in [-0.2, 0) is 6.11 Å². The van der Waals surface area contributed by atoms with E-state index in [4.69, 9.17) is 0 Å². The van der Waals surface area contributed by atoms with Crippen LogP contribution in [0.25, 0.3) is 0 Å². The van der Waals surface area contributed by atoms with Gasteiger partial charge in [0.1, 0.15) is 5.56 Å². The Hall–Kier alpha value is -2.38. The molecule has 0 bridgehead atoms. The highest BCUT2D eigenvalue weighted by molar-refractivity contribution is 5.36. The van der Waals surface area contributed by atoms with Crippen molar-refractivity contribution in [3.8, 4) is 11.5 Å². The average Bonchev–Trinajstić information content (AvgIpc) is 2.74. The zero-order chi connectivity index (χ0) is 22.8. The van der Waals surface area contributed by atoms with Gasteiger partial charge in [-0.2, -0.15) is 17.6 Å². The maximum atomic E-state index is 14.7. The largest absolute Gasteiger partial charge is 0.494 e. The molecule has 0 spiro atoms. The summed E-state index contributed by atoms with van der Waals surface area (Å²) < 4.78 is 94.7. The topological polar surface area (TPSA) is 18.5 Å². The third-order valence-corrected chi connectivity index (χ3v) is 5.88. The van der Waals surface area contributed by atoms with Crippen molar-refractivity contribution in [3.05, 3.63) is 58.7 Å². The number of hydrogen-bond acceptors (Lipinski definition) is 2. The fraction of sp³-hybridized carbons (Fsp3) is 0.478. The smallest absolute Gasteiger partial charge is 0.429 e. The highest BCUT2D eigenvalue weighted by Gasteiger charge is 2.41. The summed E-state index contributed by atoms with van der Waals surface area (Å²) in [6, 6.07) is 3.48. The Bertz CT molecular complexity index is 923. The Morgan fingerprint density at radius 1 is 0.839 bits per heavy atom. The van der Waals surface area contributed by atoms with Crippen molar-refractivity contribution >= 4 is 0 Å². The van der Waals surface area contributed by atoms with E-state index in [0.717, 1.165) is 44.9 Å². The third kappa shape index (κ3) is 4.77. The SMILES string of the molecule is CCCC1CCC(c2ccc(OC(F)(F)c3ccc(OC)c(F)c3F)c(F)c2F)CC1. The normalized spacial score (nSPS) is 19.4. The van der Waals surface area contributed by atoms with E-state index in [2.05, 4.69) is 16.4 Å². The first-order valence-electron chi connectivity index (χ1n) is 10.3. The van der Waals surface area contributed by atoms with Crippen LogP contribution in [0.3, 0.4) is 0 Å². The fourth-order valence-electron chi connectivity index (χ4n) is 4.22. The van der Waals surface area contributed by atoms with Gasteiger partial charge in [0.2, 0.25) is 11.6 Å². The van der Waals surface area contributed by atoms with E-state index in [1.807, 2.05) is 0 Å². The Labute approximate surface area is 177 Å². The van der Waals surface area contributed by atoms with Gasteiger partial charge in [-0.3, -0.25) is 0 Å². The van der Waals surface area contributed by atoms with E-state index < -0.39 is 46.4 Å². The zero-order valence-electron chi connectivity index (χ0n) is 17.3. The number of hydrogen-bond donors (Lipinski definition) is 0. The highest BCUT2D eigenvalue weighted by Crippen LogP contribution is 2.42. The van der Waals surface area contributed by atoms with Crippen LogP contribution in [0, 0.1) is 29.2 Å². The van der Waals surface area contributed by atoms with E-state index in [1.165, 1.54) is 6.07 Å². The van der Waals surface area contributed by atoms with Crippen LogP contribution in [0.1, 0.15) is 62.5 Å². The molecule has 0 amide bonds. The predicted octanol–water partition coefficient (Wildman–Crippen LogP) is 7.45. The summed E-state index contributed by atoms with van der Waals surface area (Å²) >= 11 is 0. The number of methoxy groups -OCH3 is 1. The molecule has 0 aromatic heterocycles. The lowest BCUT2D eigenvalue weighted by atomic mass is 9.77. The number of rotatable bonds is 7. The first-order valence-corrected chi connectivity index (χ1v) is 10.3. The Morgan fingerprint density at radius 3 is 2.06 bits per heavy atom. The van der Waals surface area contributed by atoms with Gasteiger partial charge in [-0.25, -0.2) is 8.78 Å². The number of benzene rings is 2. The van der Waals surface area contributed by atoms with Crippen molar-refractivity contribution in [2.45, 2.75) is 57.5 Å². The van der Waals surface area contributed by atoms with Crippen molar-refractivity contribution < 1.29 is 35.8 Å². The Kier molecular flexibility index (Phi) is 7.06. The molecule has 1 fully saturated rings. The van der Waals surface area contributed by atoms with Crippen LogP contribution in [0.15, 0.2) is 24.3 Å². The van der Waals surface area contributed by atoms with Crippen LogP contribution >= 0.6 is 0 Å². The van der Waals surface area contributed by atoms with Gasteiger partial charge in [0.15, 0.2) is 23.1 Å². The molecular weight excluding hydrogens is 422 g/mol. The molecule has 1 saturated carbocycles. The number of alkyl halides is 2. The molecule has 170 valence electrons. The molecule has 0 saturated heterocycles. The quantitative estimate of drug-likeness (QED) is 0.411. The maximum Gasteiger partial charge on any atom is 0.429 e. The summed E-state index contributed by atoms with van der Waals surface area (Å²) in [4.78, 5) is 0. The summed E-state index contributed by atoms with van der Waals surface area (Å²) in [6.07, 6.45) is 0.896. The van der Waals surface area contributed by atoms with E-state index in [0.29, 0.717) is 24.8 Å². The second kappa shape index (κ2) is 9.40. The van der Waals surface area contributed by atoms with Crippen LogP contribution in [0.5, 0.6) is 11.5 Å². The van der Waals surface area contributed by atoms with E-state index in [9.17, 15) is 26.3 Å². The van der Waals surface area contributed by atoms with Crippen molar-refractivity contribution in [2.75, 3.05) is 7.11 Å². The third-order valence-electron chi connectivity index (χ3n) is 5.88. The maximum absolute atomic E-state index is 14.7. The summed E-state index contributed by atoms with van der Waals surface area (Å²) in [5.74, 6) is -7.67. The van der Waals surface area contributed by atoms with Gasteiger partial charge < -0.3 is 9.47 Å². The first-order chi connectivity index (χ1) is 14.7. The number of halogens is 6. The van der Waals surface area contributed by atoms with Gasteiger partial charge >= 0.3 is 6.11 Å². The molecule has 0 aliphatic heterocycles. The molecule has 8 heteroatoms. The molecule has 0 atom stereocenters. The van der Waals surface area contributed by atoms with Crippen molar-refractivity contribution in [1.82, 2.24) is 0 Å². The standard InChI is InChI=1S/C23H24F6O2/c1-3-4-13-5-7-14(8-6-13)15-9-11-18(22(27)19(15)24)31-23(28,29)16-10-12-17(30-2)21(26)20(16)25/h9-14H,3-8H2,1-2H3. The predicted molar refractivity (Wildman–Crippen MR) is 103 cm³/mol. The van der Waals surface area contributed by atoms with E-state index in [1.54, 1.807) is 0 Å². The van der Waals surface area contributed by atoms with Crippen LogP contribution in [0.4, 0.5) is 26.3 Å². The Morgan fingerprint density at radius 2 is 1.45 bits per heavy atom. The molecule has 0 unspecified atom stereocenters. The van der Waals surface area contributed by atoms with Gasteiger partial charge in [0, 0.05) is 0 Å². The van der Waals surface area contributed by atoms with E-state index in [-0.39, 0.29) is 11.5 Å². The summed E-state index contributed by atoms with van der Waals surface area (Å²) in [6.45, 7) is 2.10. The van der Waals surface area contributed by atoms with Crippen molar-refractivity contribution in [1.29, 1.82) is 0 Å². The molecule has 1 aliphatic rings. The van der Waals surface area contributed by atoms with Gasteiger partial charge in [-0.05, 0) is 61.3 Å². The minimum absolute atomic E-state index is 0.116. The molecule has 2 nitrogen and oxygen atoms in total. The average molecular weight is 446 g/mol. The lowest BCUT2D eigenvalue weighted by Gasteiger charge is -2.29.